The fourth-order valence-corrected chi connectivity index (χ4v) is 5.10. The van der Waals surface area contributed by atoms with E-state index in [1.165, 1.54) is 38.0 Å². The van der Waals surface area contributed by atoms with Crippen LogP contribution in [0.4, 0.5) is 17.6 Å². The van der Waals surface area contributed by atoms with Gasteiger partial charge in [0.15, 0.2) is 0 Å². The van der Waals surface area contributed by atoms with E-state index >= 15 is 0 Å². The summed E-state index contributed by atoms with van der Waals surface area (Å²) in [5, 5.41) is 9.95. The minimum atomic E-state index is -4.41. The number of aromatic nitrogens is 4. The molecule has 3 heterocycles. The molecule has 3 aromatic carbocycles. The van der Waals surface area contributed by atoms with Crippen LogP contribution in [0.25, 0.3) is 11.1 Å². The zero-order valence-corrected chi connectivity index (χ0v) is 31.7. The molecule has 1 N–H and O–H groups in total. The molecule has 0 saturated heterocycles. The highest BCUT2D eigenvalue weighted by atomic mass is 19.4. The van der Waals surface area contributed by atoms with Gasteiger partial charge in [-0.15, -0.1) is 0 Å². The van der Waals surface area contributed by atoms with Crippen LogP contribution in [-0.4, -0.2) is 42.2 Å². The summed E-state index contributed by atoms with van der Waals surface area (Å²) in [5.74, 6) is 1.91. The Morgan fingerprint density at radius 1 is 0.778 bits per heavy atom. The van der Waals surface area contributed by atoms with Crippen LogP contribution in [0.5, 0.6) is 17.4 Å². The van der Waals surface area contributed by atoms with E-state index in [4.69, 9.17) is 4.74 Å². The van der Waals surface area contributed by atoms with Gasteiger partial charge in [-0.3, -0.25) is 9.88 Å². The van der Waals surface area contributed by atoms with Gasteiger partial charge in [0.2, 0.25) is 5.88 Å². The Kier molecular flexibility index (Phi) is 14.1. The topological polar surface area (TPSA) is 76.3 Å². The second-order valence-electron chi connectivity index (χ2n) is 13.9. The van der Waals surface area contributed by atoms with Crippen LogP contribution in [0.1, 0.15) is 60.2 Å². The van der Waals surface area contributed by atoms with Gasteiger partial charge >= 0.3 is 6.18 Å². The monoisotopic (exact) mass is 741 g/mol. The molecule has 6 rings (SSSR count). The van der Waals surface area contributed by atoms with Crippen molar-refractivity contribution in [3.63, 3.8) is 0 Å². The van der Waals surface area contributed by atoms with Crippen molar-refractivity contribution < 1.29 is 27.4 Å². The van der Waals surface area contributed by atoms with Gasteiger partial charge in [0.05, 0.1) is 17.8 Å². The standard InChI is InChI=1S/C20H16F3NO.C19H22N4O.C4H9F/c1-13-3-5-15(6-4-13)16-7-9-18(14(2)11-16)25-19-10-8-17(12-24-19)20(21,22)23;1-15-8-9-18(24)17(21-15)13-22(2)14-19-20-10-11-23(19)12-16-6-4-3-5-7-16;1-4(2,3)5/h3-12H,1-2H3;3-11,24H,12-14H2,1-2H3;1-3H3. The lowest BCUT2D eigenvalue weighted by Gasteiger charge is -2.18. The second-order valence-corrected chi connectivity index (χ2v) is 13.9. The molecule has 0 bridgehead atoms. The van der Waals surface area contributed by atoms with Gasteiger partial charge in [0.1, 0.15) is 23.0 Å². The average molecular weight is 742 g/mol. The first-order chi connectivity index (χ1) is 25.4. The molecule has 0 fully saturated rings. The summed E-state index contributed by atoms with van der Waals surface area (Å²) in [7, 11) is 2.00. The molecule has 0 aliphatic carbocycles. The Morgan fingerprint density at radius 2 is 1.44 bits per heavy atom. The molecule has 0 atom stereocenters. The number of benzene rings is 3. The summed E-state index contributed by atoms with van der Waals surface area (Å²) in [5.41, 5.74) is 5.25. The van der Waals surface area contributed by atoms with E-state index in [0.29, 0.717) is 24.5 Å². The number of hydrogen-bond donors (Lipinski definition) is 1. The van der Waals surface area contributed by atoms with Crippen LogP contribution < -0.4 is 4.74 Å². The third-order valence-electron chi connectivity index (χ3n) is 7.76. The Labute approximate surface area is 315 Å². The predicted molar refractivity (Wildman–Crippen MR) is 205 cm³/mol. The lowest BCUT2D eigenvalue weighted by atomic mass is 10.0. The molecule has 284 valence electrons. The highest BCUT2D eigenvalue weighted by Gasteiger charge is 2.30. The van der Waals surface area contributed by atoms with E-state index in [0.717, 1.165) is 47.0 Å². The molecule has 0 aliphatic rings. The molecule has 6 aromatic rings. The number of halogens is 4. The van der Waals surface area contributed by atoms with Crippen molar-refractivity contribution in [2.45, 2.75) is 73.0 Å². The summed E-state index contributed by atoms with van der Waals surface area (Å²) in [4.78, 5) is 14.7. The smallest absolute Gasteiger partial charge is 0.417 e. The van der Waals surface area contributed by atoms with Crippen molar-refractivity contribution in [2.75, 3.05) is 7.05 Å². The van der Waals surface area contributed by atoms with Gasteiger partial charge in [-0.1, -0.05) is 66.2 Å². The van der Waals surface area contributed by atoms with Crippen molar-refractivity contribution in [3.8, 4) is 28.5 Å². The summed E-state index contributed by atoms with van der Waals surface area (Å²) < 4.78 is 57.1. The molecule has 7 nitrogen and oxygen atoms in total. The molecule has 0 radical (unpaired) electrons. The van der Waals surface area contributed by atoms with Crippen LogP contribution in [0.3, 0.4) is 0 Å². The quantitative estimate of drug-likeness (QED) is 0.149. The maximum absolute atomic E-state index is 12.6. The largest absolute Gasteiger partial charge is 0.506 e. The fraction of sp³-hybridized carbons (Fsp3) is 0.279. The molecule has 0 spiro atoms. The molecular formula is C43H47F4N5O2. The minimum Gasteiger partial charge on any atom is -0.506 e. The first-order valence-corrected chi connectivity index (χ1v) is 17.4. The molecule has 3 aromatic heterocycles. The molecule has 0 amide bonds. The summed E-state index contributed by atoms with van der Waals surface area (Å²) in [6, 6.07) is 29.9. The van der Waals surface area contributed by atoms with Gasteiger partial charge in [-0.2, -0.15) is 13.2 Å². The van der Waals surface area contributed by atoms with Crippen molar-refractivity contribution in [1.82, 2.24) is 24.4 Å². The molecular weight excluding hydrogens is 694 g/mol. The molecule has 0 saturated carbocycles. The second kappa shape index (κ2) is 18.5. The van der Waals surface area contributed by atoms with Crippen LogP contribution in [0.15, 0.2) is 116 Å². The van der Waals surface area contributed by atoms with E-state index in [1.54, 1.807) is 12.1 Å². The SMILES string of the molecule is CC(C)(C)F.Cc1ccc(-c2ccc(Oc3ccc(C(F)(F)F)cn3)c(C)c2)cc1.Cc1ccc(O)c(CN(C)Cc2nccn2Cc2ccccc2)n1. The number of ether oxygens (including phenoxy) is 1. The molecule has 0 unspecified atom stereocenters. The molecule has 11 heteroatoms. The third kappa shape index (κ3) is 13.5. The van der Waals surface area contributed by atoms with E-state index in [2.05, 4.69) is 36.6 Å². The van der Waals surface area contributed by atoms with Crippen molar-refractivity contribution >= 4 is 0 Å². The van der Waals surface area contributed by atoms with Gasteiger partial charge in [-0.25, -0.2) is 14.4 Å². The van der Waals surface area contributed by atoms with Gasteiger partial charge in [0.25, 0.3) is 0 Å². The molecule has 0 aliphatic heterocycles. The zero-order chi connectivity index (χ0) is 39.5. The first kappa shape index (κ1) is 41.2. The number of nitrogens with zero attached hydrogens (tertiary/aromatic N) is 5. The number of pyridine rings is 2. The predicted octanol–water partition coefficient (Wildman–Crippen LogP) is 10.9. The fourth-order valence-electron chi connectivity index (χ4n) is 5.10. The van der Waals surface area contributed by atoms with Crippen LogP contribution in [-0.2, 0) is 25.8 Å². The summed E-state index contributed by atoms with van der Waals surface area (Å²) >= 11 is 0. The lowest BCUT2D eigenvalue weighted by Crippen LogP contribution is -2.21. The number of aryl methyl sites for hydroxylation is 3. The van der Waals surface area contributed by atoms with Crippen molar-refractivity contribution in [1.29, 1.82) is 0 Å². The summed E-state index contributed by atoms with van der Waals surface area (Å²) in [6.07, 6.45) is 0.190. The minimum absolute atomic E-state index is 0.124. The van der Waals surface area contributed by atoms with E-state index < -0.39 is 17.4 Å². The maximum atomic E-state index is 12.6. The van der Waals surface area contributed by atoms with E-state index in [1.807, 2.05) is 101 Å². The maximum Gasteiger partial charge on any atom is 0.417 e. The highest BCUT2D eigenvalue weighted by molar-refractivity contribution is 5.66. The first-order valence-electron chi connectivity index (χ1n) is 17.4. The number of hydrogen-bond acceptors (Lipinski definition) is 6. The Balaban J connectivity index is 0.000000214. The zero-order valence-electron chi connectivity index (χ0n) is 31.7. The van der Waals surface area contributed by atoms with Crippen LogP contribution in [0, 0.1) is 20.8 Å². The lowest BCUT2D eigenvalue weighted by molar-refractivity contribution is -0.137. The Bertz CT molecular complexity index is 2050. The number of imidazole rings is 1. The van der Waals surface area contributed by atoms with Crippen molar-refractivity contribution in [3.05, 3.63) is 155 Å². The molecule has 54 heavy (non-hydrogen) atoms. The van der Waals surface area contributed by atoms with Gasteiger partial charge < -0.3 is 14.4 Å². The number of rotatable bonds is 9. The van der Waals surface area contributed by atoms with E-state index in [9.17, 15) is 22.7 Å². The normalized spacial score (nSPS) is 11.3. The number of alkyl halides is 4. The van der Waals surface area contributed by atoms with E-state index in [-0.39, 0.29) is 11.6 Å². The van der Waals surface area contributed by atoms with Crippen LogP contribution >= 0.6 is 0 Å². The van der Waals surface area contributed by atoms with Gasteiger partial charge in [0, 0.05) is 43.4 Å². The summed E-state index contributed by atoms with van der Waals surface area (Å²) in [6.45, 7) is 12.5. The Morgan fingerprint density at radius 3 is 2.06 bits per heavy atom. The van der Waals surface area contributed by atoms with Crippen molar-refractivity contribution in [2.24, 2.45) is 0 Å². The number of aromatic hydroxyl groups is 1. The van der Waals surface area contributed by atoms with Crippen LogP contribution in [0.2, 0.25) is 0 Å². The highest BCUT2D eigenvalue weighted by Crippen LogP contribution is 2.32. The average Bonchev–Trinajstić information content (AvgIpc) is 3.53. The third-order valence-corrected chi connectivity index (χ3v) is 7.76. The Hall–Kier alpha value is -5.55. The van der Waals surface area contributed by atoms with Gasteiger partial charge in [-0.05, 0) is 101 Å².